The van der Waals surface area contributed by atoms with E-state index in [1.54, 1.807) is 22.6 Å². The first-order valence-electron chi connectivity index (χ1n) is 3.11. The number of halogens is 2. The van der Waals surface area contributed by atoms with Crippen LogP contribution in [0.25, 0.3) is 0 Å². The Morgan fingerprint density at radius 2 is 2.44 bits per heavy atom. The smallest absolute Gasteiger partial charge is 0.228 e. The summed E-state index contributed by atoms with van der Waals surface area (Å²) in [5.74, 6) is -1.03. The van der Waals surface area contributed by atoms with Gasteiger partial charge in [0.1, 0.15) is 5.82 Å². The molecule has 0 spiro atoms. The fourth-order valence-corrected chi connectivity index (χ4v) is 0.609. The van der Waals surface area contributed by atoms with Crippen molar-refractivity contribution in [3.05, 3.63) is 21.6 Å². The zero-order chi connectivity index (χ0) is 8.59. The normalized spacial score (nSPS) is 12.7. The van der Waals surface area contributed by atoms with E-state index in [0.717, 1.165) is 0 Å². The molecule has 0 atom stereocenters. The van der Waals surface area contributed by atoms with Crippen molar-refractivity contribution in [3.8, 4) is 0 Å². The standard InChI is InChI=1S/C5H4FIN2/c6-5-3(7)1-2-4(8)9-5/h1-2H,(H2,8,9)/i1D,2D. The van der Waals surface area contributed by atoms with Crippen molar-refractivity contribution in [2.75, 3.05) is 5.73 Å². The Hall–Kier alpha value is -0.390. The van der Waals surface area contributed by atoms with Crippen molar-refractivity contribution in [1.29, 1.82) is 0 Å². The van der Waals surface area contributed by atoms with Crippen LogP contribution in [0, 0.1) is 9.52 Å². The van der Waals surface area contributed by atoms with Crippen molar-refractivity contribution < 1.29 is 7.13 Å². The summed E-state index contributed by atoms with van der Waals surface area (Å²) in [6.45, 7) is 0. The van der Waals surface area contributed by atoms with Crippen molar-refractivity contribution in [1.82, 2.24) is 4.98 Å². The zero-order valence-electron chi connectivity index (χ0n) is 6.28. The number of rotatable bonds is 0. The first-order chi connectivity index (χ1) is 5.04. The van der Waals surface area contributed by atoms with Gasteiger partial charge in [0.15, 0.2) is 0 Å². The maximum absolute atomic E-state index is 12.6. The van der Waals surface area contributed by atoms with Crippen LogP contribution < -0.4 is 5.73 Å². The highest BCUT2D eigenvalue weighted by atomic mass is 127. The maximum Gasteiger partial charge on any atom is 0.228 e. The summed E-state index contributed by atoms with van der Waals surface area (Å²) in [4.78, 5) is 3.23. The minimum Gasteiger partial charge on any atom is -0.384 e. The van der Waals surface area contributed by atoms with Gasteiger partial charge in [0.25, 0.3) is 0 Å². The summed E-state index contributed by atoms with van der Waals surface area (Å²) in [7, 11) is 0. The predicted molar refractivity (Wildman–Crippen MR) is 41.3 cm³/mol. The second-order valence-electron chi connectivity index (χ2n) is 1.35. The molecule has 0 radical (unpaired) electrons. The molecule has 0 aliphatic carbocycles. The summed E-state index contributed by atoms with van der Waals surface area (Å²) < 4.78 is 27.0. The van der Waals surface area contributed by atoms with Crippen molar-refractivity contribution in [2.45, 2.75) is 0 Å². The Labute approximate surface area is 68.2 Å². The molecule has 2 N–H and O–H groups in total. The minimum absolute atomic E-state index is 0.0294. The Kier molecular flexibility index (Phi) is 1.21. The Balaban J connectivity index is 3.46. The van der Waals surface area contributed by atoms with Gasteiger partial charge in [-0.1, -0.05) is 0 Å². The van der Waals surface area contributed by atoms with Gasteiger partial charge in [-0.3, -0.25) is 0 Å². The van der Waals surface area contributed by atoms with Crippen LogP contribution in [-0.2, 0) is 0 Å². The molecule has 0 aromatic carbocycles. The van der Waals surface area contributed by atoms with Crippen molar-refractivity contribution in [2.24, 2.45) is 0 Å². The molecule has 1 aromatic rings. The third-order valence-electron chi connectivity index (χ3n) is 0.700. The summed E-state index contributed by atoms with van der Waals surface area (Å²) in [5.41, 5.74) is 5.13. The lowest BCUT2D eigenvalue weighted by Gasteiger charge is -1.92. The van der Waals surface area contributed by atoms with Gasteiger partial charge in [0, 0.05) is 0 Å². The highest BCUT2D eigenvalue weighted by Gasteiger charge is 1.97. The Bertz CT molecular complexity index is 279. The average molecular weight is 240 g/mol. The van der Waals surface area contributed by atoms with Crippen LogP contribution in [0.5, 0.6) is 0 Å². The first kappa shape index (κ1) is 4.43. The number of aromatic nitrogens is 1. The molecule has 0 amide bonds. The van der Waals surface area contributed by atoms with E-state index in [1.165, 1.54) is 0 Å². The van der Waals surface area contributed by atoms with E-state index in [2.05, 4.69) is 4.98 Å². The van der Waals surface area contributed by atoms with Crippen LogP contribution in [0.2, 0.25) is 0 Å². The molecule has 0 unspecified atom stereocenters. The van der Waals surface area contributed by atoms with E-state index in [9.17, 15) is 4.39 Å². The molecular weight excluding hydrogens is 234 g/mol. The SMILES string of the molecule is [2H]c1c(N)nc(F)c(I)c1[2H]. The molecule has 1 aromatic heterocycles. The molecule has 0 aliphatic heterocycles. The molecule has 1 rings (SSSR count). The average Bonchev–Trinajstić information content (AvgIpc) is 1.97. The highest BCUT2D eigenvalue weighted by Crippen LogP contribution is 2.08. The lowest BCUT2D eigenvalue weighted by atomic mass is 10.5. The van der Waals surface area contributed by atoms with Gasteiger partial charge in [-0.05, 0) is 34.7 Å². The van der Waals surface area contributed by atoms with E-state index in [1.807, 2.05) is 0 Å². The van der Waals surface area contributed by atoms with Crippen LogP contribution in [0.15, 0.2) is 12.1 Å². The number of hydrogen-bond acceptors (Lipinski definition) is 2. The van der Waals surface area contributed by atoms with Gasteiger partial charge < -0.3 is 5.73 Å². The number of nitrogens with zero attached hydrogens (tertiary/aromatic N) is 1. The van der Waals surface area contributed by atoms with Crippen LogP contribution in [0.4, 0.5) is 10.2 Å². The largest absolute Gasteiger partial charge is 0.384 e. The number of hydrogen-bond donors (Lipinski definition) is 1. The first-order valence-corrected chi connectivity index (χ1v) is 3.19. The van der Waals surface area contributed by atoms with Crippen molar-refractivity contribution in [3.63, 3.8) is 0 Å². The molecule has 0 saturated carbocycles. The molecule has 0 aliphatic rings. The predicted octanol–water partition coefficient (Wildman–Crippen LogP) is 1.41. The number of pyridine rings is 1. The fraction of sp³-hybridized carbons (Fsp3) is 0. The minimum atomic E-state index is -0.788. The van der Waals surface area contributed by atoms with Gasteiger partial charge in [-0.25, -0.2) is 4.98 Å². The lowest BCUT2D eigenvalue weighted by Crippen LogP contribution is -1.93. The van der Waals surface area contributed by atoms with Gasteiger partial charge in [-0.15, -0.1) is 0 Å². The summed E-state index contributed by atoms with van der Waals surface area (Å²) in [5, 5.41) is 0. The van der Waals surface area contributed by atoms with E-state index in [4.69, 9.17) is 8.48 Å². The Morgan fingerprint density at radius 3 is 3.11 bits per heavy atom. The van der Waals surface area contributed by atoms with E-state index < -0.39 is 5.95 Å². The van der Waals surface area contributed by atoms with Crippen molar-refractivity contribution >= 4 is 28.4 Å². The van der Waals surface area contributed by atoms with Crippen LogP contribution in [-0.4, -0.2) is 4.98 Å². The van der Waals surface area contributed by atoms with Crippen LogP contribution >= 0.6 is 22.6 Å². The molecule has 0 saturated heterocycles. The molecule has 0 fully saturated rings. The maximum atomic E-state index is 12.6. The van der Waals surface area contributed by atoms with Gasteiger partial charge in [0.2, 0.25) is 5.95 Å². The van der Waals surface area contributed by atoms with E-state index in [-0.39, 0.29) is 21.5 Å². The second-order valence-corrected chi connectivity index (χ2v) is 2.43. The molecule has 9 heavy (non-hydrogen) atoms. The monoisotopic (exact) mass is 240 g/mol. The van der Waals surface area contributed by atoms with Crippen LogP contribution in [0.1, 0.15) is 2.74 Å². The van der Waals surface area contributed by atoms with E-state index in [0.29, 0.717) is 0 Å². The zero-order valence-corrected chi connectivity index (χ0v) is 6.44. The fourth-order valence-electron chi connectivity index (χ4n) is 0.353. The Morgan fingerprint density at radius 1 is 1.78 bits per heavy atom. The number of nitrogens with two attached hydrogens (primary N) is 1. The molecular formula is C5H4FIN2. The summed E-state index contributed by atoms with van der Waals surface area (Å²) in [6, 6.07) is -0.439. The summed E-state index contributed by atoms with van der Waals surface area (Å²) in [6.07, 6.45) is 0. The molecule has 48 valence electrons. The number of anilines is 1. The highest BCUT2D eigenvalue weighted by molar-refractivity contribution is 14.1. The van der Waals surface area contributed by atoms with E-state index >= 15 is 0 Å². The molecule has 0 bridgehead atoms. The quantitative estimate of drug-likeness (QED) is 0.550. The topological polar surface area (TPSA) is 38.9 Å². The lowest BCUT2D eigenvalue weighted by molar-refractivity contribution is 0.578. The van der Waals surface area contributed by atoms with Gasteiger partial charge in [0.05, 0.1) is 6.31 Å². The van der Waals surface area contributed by atoms with Gasteiger partial charge >= 0.3 is 0 Å². The summed E-state index contributed by atoms with van der Waals surface area (Å²) >= 11 is 1.61. The molecule has 1 heterocycles. The van der Waals surface area contributed by atoms with Crippen LogP contribution in [0.3, 0.4) is 0 Å². The second kappa shape index (κ2) is 2.47. The molecule has 4 heteroatoms. The third kappa shape index (κ3) is 1.51. The third-order valence-corrected chi connectivity index (χ3v) is 1.41. The molecule has 2 nitrogen and oxygen atoms in total. The number of nitrogen functional groups attached to an aromatic ring is 1. The van der Waals surface area contributed by atoms with Gasteiger partial charge in [-0.2, -0.15) is 4.39 Å².